The average Bonchev–Trinajstić information content (AvgIpc) is 2.78. The molecule has 0 unspecified atom stereocenters. The van der Waals surface area contributed by atoms with Gasteiger partial charge in [-0.25, -0.2) is 13.4 Å². The second-order valence-corrected chi connectivity index (χ2v) is 10.4. The van der Waals surface area contributed by atoms with E-state index < -0.39 is 21.3 Å². The van der Waals surface area contributed by atoms with Crippen LogP contribution in [0.15, 0.2) is 70.6 Å². The van der Waals surface area contributed by atoms with Gasteiger partial charge in [0.2, 0.25) is 0 Å². The van der Waals surface area contributed by atoms with Gasteiger partial charge in [-0.3, -0.25) is 14.2 Å². The molecule has 0 aliphatic carbocycles. The number of carbonyl (C=O) groups is 1. The molecule has 4 rings (SSSR count). The summed E-state index contributed by atoms with van der Waals surface area (Å²) in [5.74, 6) is -0.927. The van der Waals surface area contributed by atoms with Crippen LogP contribution in [0.4, 0.5) is 5.69 Å². The molecule has 4 aromatic rings. The number of nitrogens with one attached hydrogen (secondary N) is 1. The predicted octanol–water partition coefficient (Wildman–Crippen LogP) is 4.11. The molecule has 3 aromatic carbocycles. The Bertz CT molecular complexity index is 1590. The molecule has 174 valence electrons. The van der Waals surface area contributed by atoms with E-state index in [-0.39, 0.29) is 43.9 Å². The number of fused-ring (bicyclic) bond motifs is 1. The number of sulfone groups is 1. The first-order valence-corrected chi connectivity index (χ1v) is 12.5. The summed E-state index contributed by atoms with van der Waals surface area (Å²) in [6.07, 6.45) is 2.47. The third-order valence-electron chi connectivity index (χ3n) is 5.06. The number of aromatic hydroxyl groups is 1. The first-order chi connectivity index (χ1) is 16.0. The standard InChI is InChI=1S/C23H17Cl2N3O5S/c1-34(32,33)15-5-2-4-13(8-15)11-28-12-26-18-6-3-7-19(20(18)23(28)31)27-22(30)14-9-16(24)21(29)17(25)10-14/h2-10,12,29H,11H2,1H3,(H,27,30). The number of halogens is 2. The van der Waals surface area contributed by atoms with Crippen molar-refractivity contribution in [2.45, 2.75) is 11.4 Å². The number of carbonyl (C=O) groups excluding carboxylic acids is 1. The predicted molar refractivity (Wildman–Crippen MR) is 131 cm³/mol. The fraction of sp³-hybridized carbons (Fsp3) is 0.0870. The Labute approximate surface area is 204 Å². The van der Waals surface area contributed by atoms with E-state index in [9.17, 15) is 23.1 Å². The monoisotopic (exact) mass is 517 g/mol. The van der Waals surface area contributed by atoms with E-state index in [2.05, 4.69) is 10.3 Å². The summed E-state index contributed by atoms with van der Waals surface area (Å²) in [5, 5.41) is 12.4. The first kappa shape index (κ1) is 23.7. The van der Waals surface area contributed by atoms with E-state index in [0.717, 1.165) is 6.26 Å². The Kier molecular flexibility index (Phi) is 6.35. The normalized spacial score (nSPS) is 11.5. The number of anilines is 1. The Morgan fingerprint density at radius 3 is 2.44 bits per heavy atom. The van der Waals surface area contributed by atoms with Crippen molar-refractivity contribution < 1.29 is 18.3 Å². The molecule has 0 fully saturated rings. The summed E-state index contributed by atoms with van der Waals surface area (Å²) in [4.78, 5) is 30.5. The number of hydrogen-bond acceptors (Lipinski definition) is 6. The van der Waals surface area contributed by atoms with Crippen LogP contribution >= 0.6 is 23.2 Å². The Balaban J connectivity index is 1.72. The van der Waals surface area contributed by atoms with Crippen LogP contribution < -0.4 is 10.9 Å². The molecule has 1 aromatic heterocycles. The smallest absolute Gasteiger partial charge is 0.263 e. The molecule has 0 saturated heterocycles. The van der Waals surface area contributed by atoms with E-state index >= 15 is 0 Å². The summed E-state index contributed by atoms with van der Waals surface area (Å²) in [6, 6.07) is 13.6. The molecule has 0 bridgehead atoms. The molecule has 0 aliphatic rings. The maximum absolute atomic E-state index is 13.3. The number of rotatable bonds is 5. The van der Waals surface area contributed by atoms with E-state index in [1.807, 2.05) is 0 Å². The number of hydrogen-bond donors (Lipinski definition) is 2. The van der Waals surface area contributed by atoms with Crippen molar-refractivity contribution in [2.24, 2.45) is 0 Å². The molecule has 11 heteroatoms. The van der Waals surface area contributed by atoms with Gasteiger partial charge in [-0.1, -0.05) is 41.4 Å². The van der Waals surface area contributed by atoms with Crippen LogP contribution in [0.5, 0.6) is 5.75 Å². The highest BCUT2D eigenvalue weighted by Gasteiger charge is 2.16. The molecule has 0 saturated carbocycles. The number of nitrogens with zero attached hydrogens (tertiary/aromatic N) is 2. The van der Waals surface area contributed by atoms with Crippen molar-refractivity contribution in [3.05, 3.63) is 92.5 Å². The number of amides is 1. The second-order valence-electron chi connectivity index (χ2n) is 7.54. The SMILES string of the molecule is CS(=O)(=O)c1cccc(Cn2cnc3cccc(NC(=O)c4cc(Cl)c(O)c(Cl)c4)c3c2=O)c1. The van der Waals surface area contributed by atoms with Gasteiger partial charge in [-0.15, -0.1) is 0 Å². The van der Waals surface area contributed by atoms with Crippen molar-refractivity contribution in [3.63, 3.8) is 0 Å². The topological polar surface area (TPSA) is 118 Å². The maximum atomic E-state index is 13.3. The molecule has 2 N–H and O–H groups in total. The largest absolute Gasteiger partial charge is 0.505 e. The lowest BCUT2D eigenvalue weighted by molar-refractivity contribution is 0.102. The Morgan fingerprint density at radius 1 is 1.09 bits per heavy atom. The van der Waals surface area contributed by atoms with Gasteiger partial charge >= 0.3 is 0 Å². The van der Waals surface area contributed by atoms with Crippen LogP contribution in [0.2, 0.25) is 10.0 Å². The van der Waals surface area contributed by atoms with E-state index in [0.29, 0.717) is 11.1 Å². The summed E-state index contributed by atoms with van der Waals surface area (Å²) in [6.45, 7) is 0.0800. The van der Waals surface area contributed by atoms with Gasteiger partial charge in [-0.05, 0) is 42.0 Å². The summed E-state index contributed by atoms with van der Waals surface area (Å²) < 4.78 is 25.0. The van der Waals surface area contributed by atoms with Gasteiger partial charge < -0.3 is 10.4 Å². The minimum Gasteiger partial charge on any atom is -0.505 e. The summed E-state index contributed by atoms with van der Waals surface area (Å²) in [7, 11) is -3.40. The zero-order valence-electron chi connectivity index (χ0n) is 17.6. The van der Waals surface area contributed by atoms with Crippen molar-refractivity contribution in [1.82, 2.24) is 9.55 Å². The lowest BCUT2D eigenvalue weighted by Gasteiger charge is -2.12. The molecule has 0 aliphatic heterocycles. The average molecular weight is 518 g/mol. The number of phenols is 1. The van der Waals surface area contributed by atoms with Gasteiger partial charge in [0, 0.05) is 11.8 Å². The van der Waals surface area contributed by atoms with Crippen LogP contribution in [0.1, 0.15) is 15.9 Å². The van der Waals surface area contributed by atoms with Crippen molar-refractivity contribution >= 4 is 55.5 Å². The molecular formula is C23H17Cl2N3O5S. The minimum absolute atomic E-state index is 0.0800. The fourth-order valence-corrected chi connectivity index (χ4v) is 4.56. The molecule has 1 amide bonds. The third-order valence-corrected chi connectivity index (χ3v) is 6.75. The fourth-order valence-electron chi connectivity index (χ4n) is 3.38. The van der Waals surface area contributed by atoms with Crippen LogP contribution in [0, 0.1) is 0 Å². The molecule has 0 spiro atoms. The molecule has 8 nitrogen and oxygen atoms in total. The number of aromatic nitrogens is 2. The molecule has 0 atom stereocenters. The van der Waals surface area contributed by atoms with Gasteiger partial charge in [0.15, 0.2) is 15.6 Å². The lowest BCUT2D eigenvalue weighted by Crippen LogP contribution is -2.23. The molecular weight excluding hydrogens is 501 g/mol. The van der Waals surface area contributed by atoms with Gasteiger partial charge in [-0.2, -0.15) is 0 Å². The lowest BCUT2D eigenvalue weighted by atomic mass is 10.1. The summed E-state index contributed by atoms with van der Waals surface area (Å²) in [5.41, 5.74) is 0.852. The molecule has 34 heavy (non-hydrogen) atoms. The highest BCUT2D eigenvalue weighted by Crippen LogP contribution is 2.33. The highest BCUT2D eigenvalue weighted by molar-refractivity contribution is 7.90. The molecule has 1 heterocycles. The second kappa shape index (κ2) is 9.09. The third kappa shape index (κ3) is 4.77. The number of phenolic OH excluding ortho intramolecular Hbond substituents is 1. The highest BCUT2D eigenvalue weighted by atomic mass is 35.5. The van der Waals surface area contributed by atoms with Crippen molar-refractivity contribution in [2.75, 3.05) is 11.6 Å². The van der Waals surface area contributed by atoms with Crippen LogP contribution in [0.3, 0.4) is 0 Å². The van der Waals surface area contributed by atoms with Gasteiger partial charge in [0.1, 0.15) is 0 Å². The molecule has 0 radical (unpaired) electrons. The zero-order chi connectivity index (χ0) is 24.6. The van der Waals surface area contributed by atoms with E-state index in [4.69, 9.17) is 23.2 Å². The number of benzene rings is 3. The van der Waals surface area contributed by atoms with Gasteiger partial charge in [0.05, 0.1) is 44.4 Å². The van der Waals surface area contributed by atoms with Gasteiger partial charge in [0.25, 0.3) is 11.5 Å². The summed E-state index contributed by atoms with van der Waals surface area (Å²) >= 11 is 11.8. The van der Waals surface area contributed by atoms with E-state index in [1.165, 1.54) is 35.2 Å². The first-order valence-electron chi connectivity index (χ1n) is 9.81. The zero-order valence-corrected chi connectivity index (χ0v) is 19.9. The van der Waals surface area contributed by atoms with E-state index in [1.54, 1.807) is 30.3 Å². The quantitative estimate of drug-likeness (QED) is 0.411. The Morgan fingerprint density at radius 2 is 1.76 bits per heavy atom. The van der Waals surface area contributed by atoms with Crippen LogP contribution in [-0.2, 0) is 16.4 Å². The van der Waals surface area contributed by atoms with Crippen LogP contribution in [-0.4, -0.2) is 35.2 Å². The van der Waals surface area contributed by atoms with Crippen molar-refractivity contribution in [1.29, 1.82) is 0 Å². The maximum Gasteiger partial charge on any atom is 0.263 e. The minimum atomic E-state index is -3.40. The van der Waals surface area contributed by atoms with Crippen molar-refractivity contribution in [3.8, 4) is 5.75 Å². The Hall–Kier alpha value is -3.40. The van der Waals surface area contributed by atoms with Crippen LogP contribution in [0.25, 0.3) is 10.9 Å².